The molecule has 3 rings (SSSR count). The first-order chi connectivity index (χ1) is 11.0. The van der Waals surface area contributed by atoms with Crippen molar-refractivity contribution in [1.29, 1.82) is 0 Å². The van der Waals surface area contributed by atoms with Crippen LogP contribution in [0.25, 0.3) is 0 Å². The Kier molecular flexibility index (Phi) is 4.04. The van der Waals surface area contributed by atoms with Gasteiger partial charge in [0, 0.05) is 22.3 Å². The second-order valence-corrected chi connectivity index (χ2v) is 6.39. The highest BCUT2D eigenvalue weighted by Crippen LogP contribution is 2.45. The minimum Gasteiger partial charge on any atom is -0.328 e. The molecule has 1 aliphatic rings. The molecule has 0 unspecified atom stereocenters. The predicted molar refractivity (Wildman–Crippen MR) is 90.3 cm³/mol. The number of amides is 2. The zero-order valence-corrected chi connectivity index (χ0v) is 13.7. The molecular formula is C16H14BrN3O3. The number of halogens is 1. The summed E-state index contributed by atoms with van der Waals surface area (Å²) < 4.78 is 0.993. The molecule has 0 atom stereocenters. The van der Waals surface area contributed by atoms with E-state index in [2.05, 4.69) is 26.6 Å². The second-order valence-electron chi connectivity index (χ2n) is 5.47. The van der Waals surface area contributed by atoms with Crippen molar-refractivity contribution in [3.8, 4) is 0 Å². The predicted octanol–water partition coefficient (Wildman–Crippen LogP) is 4.17. The molecule has 0 aromatic heterocycles. The van der Waals surface area contributed by atoms with Crippen molar-refractivity contribution in [2.45, 2.75) is 18.4 Å². The number of nitro benzene ring substituents is 1. The lowest BCUT2D eigenvalue weighted by Crippen LogP contribution is -2.38. The van der Waals surface area contributed by atoms with Gasteiger partial charge in [0.2, 0.25) is 0 Å². The molecule has 2 N–H and O–H groups in total. The smallest absolute Gasteiger partial charge is 0.319 e. The van der Waals surface area contributed by atoms with Crippen LogP contribution in [0.1, 0.15) is 18.4 Å². The van der Waals surface area contributed by atoms with Gasteiger partial charge in [-0.25, -0.2) is 4.79 Å². The number of non-ortho nitro benzene ring substituents is 1. The number of hydrogen-bond acceptors (Lipinski definition) is 3. The van der Waals surface area contributed by atoms with Crippen LogP contribution in [0.4, 0.5) is 16.2 Å². The van der Waals surface area contributed by atoms with Crippen molar-refractivity contribution >= 4 is 33.3 Å². The fraction of sp³-hybridized carbons (Fsp3) is 0.188. The highest BCUT2D eigenvalue weighted by molar-refractivity contribution is 9.10. The van der Waals surface area contributed by atoms with Crippen LogP contribution >= 0.6 is 15.9 Å². The highest BCUT2D eigenvalue weighted by atomic mass is 79.9. The number of benzene rings is 2. The fourth-order valence-electron chi connectivity index (χ4n) is 2.43. The molecule has 0 heterocycles. The molecule has 2 amide bonds. The normalized spacial score (nSPS) is 14.8. The summed E-state index contributed by atoms with van der Waals surface area (Å²) >= 11 is 3.40. The Morgan fingerprint density at radius 3 is 2.22 bits per heavy atom. The summed E-state index contributed by atoms with van der Waals surface area (Å²) in [5.41, 5.74) is 1.26. The maximum atomic E-state index is 12.2. The van der Waals surface area contributed by atoms with E-state index in [0.717, 1.165) is 22.9 Å². The van der Waals surface area contributed by atoms with Crippen molar-refractivity contribution in [2.24, 2.45) is 0 Å². The van der Waals surface area contributed by atoms with Gasteiger partial charge in [-0.1, -0.05) is 28.1 Å². The fourth-order valence-corrected chi connectivity index (χ4v) is 2.69. The van der Waals surface area contributed by atoms with Gasteiger partial charge in [-0.15, -0.1) is 0 Å². The summed E-state index contributed by atoms with van der Waals surface area (Å²) in [6, 6.07) is 13.3. The number of nitrogens with zero attached hydrogens (tertiary/aromatic N) is 1. The Balaban J connectivity index is 1.65. The van der Waals surface area contributed by atoms with E-state index in [1.165, 1.54) is 24.3 Å². The number of carbonyl (C=O) groups excluding carboxylic acids is 1. The van der Waals surface area contributed by atoms with E-state index in [4.69, 9.17) is 0 Å². The summed E-state index contributed by atoms with van der Waals surface area (Å²) in [7, 11) is 0. The molecule has 0 radical (unpaired) electrons. The van der Waals surface area contributed by atoms with E-state index in [1.807, 2.05) is 24.3 Å². The number of anilines is 1. The van der Waals surface area contributed by atoms with Crippen molar-refractivity contribution in [2.75, 3.05) is 5.32 Å². The van der Waals surface area contributed by atoms with Crippen LogP contribution in [0.15, 0.2) is 53.0 Å². The molecule has 23 heavy (non-hydrogen) atoms. The molecule has 6 nitrogen and oxygen atoms in total. The first-order valence-electron chi connectivity index (χ1n) is 7.08. The summed E-state index contributed by atoms with van der Waals surface area (Å²) in [6.45, 7) is 0. The van der Waals surface area contributed by atoms with Gasteiger partial charge in [-0.3, -0.25) is 10.1 Å². The van der Waals surface area contributed by atoms with E-state index in [0.29, 0.717) is 5.69 Å². The summed E-state index contributed by atoms with van der Waals surface area (Å²) in [5, 5.41) is 16.3. The molecule has 0 aliphatic heterocycles. The summed E-state index contributed by atoms with van der Waals surface area (Å²) in [5.74, 6) is 0. The second kappa shape index (κ2) is 6.00. The van der Waals surface area contributed by atoms with Gasteiger partial charge in [0.25, 0.3) is 5.69 Å². The molecule has 1 saturated carbocycles. The van der Waals surface area contributed by atoms with Gasteiger partial charge in [0.15, 0.2) is 0 Å². The van der Waals surface area contributed by atoms with Crippen molar-refractivity contribution in [1.82, 2.24) is 5.32 Å². The van der Waals surface area contributed by atoms with Crippen LogP contribution in [0.3, 0.4) is 0 Å². The summed E-state index contributed by atoms with van der Waals surface area (Å²) in [4.78, 5) is 22.3. The van der Waals surface area contributed by atoms with Gasteiger partial charge >= 0.3 is 6.03 Å². The van der Waals surface area contributed by atoms with Crippen LogP contribution in [0.5, 0.6) is 0 Å². The van der Waals surface area contributed by atoms with Crippen LogP contribution in [0.2, 0.25) is 0 Å². The standard InChI is InChI=1S/C16H14BrN3O3/c17-12-3-1-11(2-4-12)16(9-10-16)19-15(21)18-13-5-7-14(8-6-13)20(22)23/h1-8H,9-10H2,(H2,18,19,21). The van der Waals surface area contributed by atoms with E-state index in [9.17, 15) is 14.9 Å². The van der Waals surface area contributed by atoms with Crippen molar-refractivity contribution in [3.05, 3.63) is 68.7 Å². The van der Waals surface area contributed by atoms with Gasteiger partial charge < -0.3 is 10.6 Å². The number of carbonyl (C=O) groups is 1. The first kappa shape index (κ1) is 15.5. The maximum absolute atomic E-state index is 12.2. The molecule has 0 bridgehead atoms. The molecule has 0 spiro atoms. The molecule has 2 aromatic carbocycles. The van der Waals surface area contributed by atoms with Crippen molar-refractivity contribution < 1.29 is 9.72 Å². The molecule has 2 aromatic rings. The Morgan fingerprint density at radius 2 is 1.70 bits per heavy atom. The third kappa shape index (κ3) is 3.50. The van der Waals surface area contributed by atoms with Gasteiger partial charge in [-0.2, -0.15) is 0 Å². The van der Waals surface area contributed by atoms with Crippen LogP contribution in [0, 0.1) is 10.1 Å². The topological polar surface area (TPSA) is 84.3 Å². The quantitative estimate of drug-likeness (QED) is 0.621. The SMILES string of the molecule is O=C(Nc1ccc([N+](=O)[O-])cc1)NC1(c2ccc(Br)cc2)CC1. The Labute approximate surface area is 141 Å². The number of urea groups is 1. The Morgan fingerprint density at radius 1 is 1.09 bits per heavy atom. The zero-order valence-electron chi connectivity index (χ0n) is 12.1. The van der Waals surface area contributed by atoms with Gasteiger partial charge in [0.1, 0.15) is 0 Å². The van der Waals surface area contributed by atoms with Gasteiger partial charge in [-0.05, 0) is 42.7 Å². The lowest BCUT2D eigenvalue weighted by atomic mass is 10.1. The minimum absolute atomic E-state index is 0.00974. The molecule has 0 saturated heterocycles. The van der Waals surface area contributed by atoms with E-state index < -0.39 is 4.92 Å². The highest BCUT2D eigenvalue weighted by Gasteiger charge is 2.45. The maximum Gasteiger partial charge on any atom is 0.319 e. The average Bonchev–Trinajstić information content (AvgIpc) is 3.29. The Hall–Kier alpha value is -2.41. The minimum atomic E-state index is -0.476. The van der Waals surface area contributed by atoms with E-state index in [1.54, 1.807) is 0 Å². The number of nitro groups is 1. The number of nitrogens with one attached hydrogen (secondary N) is 2. The van der Waals surface area contributed by atoms with Crippen LogP contribution in [-0.4, -0.2) is 11.0 Å². The lowest BCUT2D eigenvalue weighted by Gasteiger charge is -2.18. The third-order valence-corrected chi connectivity index (χ3v) is 4.36. The largest absolute Gasteiger partial charge is 0.328 e. The average molecular weight is 376 g/mol. The zero-order chi connectivity index (χ0) is 16.4. The molecule has 118 valence electrons. The van der Waals surface area contributed by atoms with Crippen LogP contribution < -0.4 is 10.6 Å². The molecule has 1 fully saturated rings. The van der Waals surface area contributed by atoms with Crippen LogP contribution in [-0.2, 0) is 5.54 Å². The monoisotopic (exact) mass is 375 g/mol. The number of rotatable bonds is 4. The van der Waals surface area contributed by atoms with E-state index in [-0.39, 0.29) is 17.3 Å². The summed E-state index contributed by atoms with van der Waals surface area (Å²) in [6.07, 6.45) is 1.78. The number of hydrogen-bond donors (Lipinski definition) is 2. The Bertz CT molecular complexity index is 740. The lowest BCUT2D eigenvalue weighted by molar-refractivity contribution is -0.384. The van der Waals surface area contributed by atoms with E-state index >= 15 is 0 Å². The van der Waals surface area contributed by atoms with Gasteiger partial charge in [0.05, 0.1) is 10.5 Å². The third-order valence-electron chi connectivity index (χ3n) is 3.84. The molecule has 1 aliphatic carbocycles. The first-order valence-corrected chi connectivity index (χ1v) is 7.87. The molecular weight excluding hydrogens is 362 g/mol. The van der Waals surface area contributed by atoms with Crippen molar-refractivity contribution in [3.63, 3.8) is 0 Å². The molecule has 7 heteroatoms.